The van der Waals surface area contributed by atoms with Crippen molar-refractivity contribution >= 4 is 0 Å². The summed E-state index contributed by atoms with van der Waals surface area (Å²) < 4.78 is 0. The average Bonchev–Trinajstić information content (AvgIpc) is 2.33. The second kappa shape index (κ2) is 6.20. The molecule has 0 aromatic carbocycles. The Labute approximate surface area is 82.6 Å². The number of rotatable bonds is 4. The van der Waals surface area contributed by atoms with Gasteiger partial charge in [-0.2, -0.15) is 0 Å². The summed E-state index contributed by atoms with van der Waals surface area (Å²) in [5.74, 6) is 1.79. The lowest BCUT2D eigenvalue weighted by atomic mass is 9.85. The molecular formula is C12H23N. The first-order chi connectivity index (χ1) is 6.38. The van der Waals surface area contributed by atoms with Gasteiger partial charge in [0.1, 0.15) is 0 Å². The van der Waals surface area contributed by atoms with Crippen molar-refractivity contribution in [3.63, 3.8) is 0 Å². The van der Waals surface area contributed by atoms with Crippen LogP contribution in [-0.4, -0.2) is 13.6 Å². The smallest absolute Gasteiger partial charge is 0.00208 e. The predicted octanol–water partition coefficient (Wildman–Crippen LogP) is 2.98. The molecular weight excluding hydrogens is 158 g/mol. The van der Waals surface area contributed by atoms with E-state index in [2.05, 4.69) is 25.0 Å². The van der Waals surface area contributed by atoms with E-state index in [1.807, 2.05) is 0 Å². The van der Waals surface area contributed by atoms with E-state index < -0.39 is 0 Å². The van der Waals surface area contributed by atoms with Crippen LogP contribution in [0.25, 0.3) is 0 Å². The molecule has 0 amide bonds. The lowest BCUT2D eigenvalue weighted by molar-refractivity contribution is 0.308. The summed E-state index contributed by atoms with van der Waals surface area (Å²) in [5, 5.41) is 3.32. The zero-order valence-corrected chi connectivity index (χ0v) is 8.89. The zero-order chi connectivity index (χ0) is 9.52. The summed E-state index contributed by atoms with van der Waals surface area (Å²) in [6.45, 7) is 5.05. The monoisotopic (exact) mass is 181 g/mol. The molecule has 0 aromatic heterocycles. The van der Waals surface area contributed by atoms with Gasteiger partial charge in [-0.05, 0) is 44.7 Å². The van der Waals surface area contributed by atoms with Crippen LogP contribution >= 0.6 is 0 Å². The second-order valence-corrected chi connectivity index (χ2v) is 4.24. The lowest BCUT2D eigenvalue weighted by Crippen LogP contribution is -2.25. The minimum atomic E-state index is 0.894. The summed E-state index contributed by atoms with van der Waals surface area (Å²) in [6.07, 6.45) is 10.4. The first kappa shape index (κ1) is 10.8. The average molecular weight is 181 g/mol. The number of hydrogen-bond donors (Lipinski definition) is 1. The van der Waals surface area contributed by atoms with E-state index in [0.29, 0.717) is 0 Å². The Kier molecular flexibility index (Phi) is 5.14. The Morgan fingerprint density at radius 1 is 1.23 bits per heavy atom. The zero-order valence-electron chi connectivity index (χ0n) is 8.89. The summed E-state index contributed by atoms with van der Waals surface area (Å²) >= 11 is 0. The normalized spacial score (nSPS) is 29.6. The standard InChI is InChI=1S/C12H23N/c1-3-7-11-8-5-4-6-9-12(11)10-13-2/h3,11-13H,1,4-10H2,2H3. The number of allylic oxidation sites excluding steroid dienone is 1. The molecule has 0 radical (unpaired) electrons. The quantitative estimate of drug-likeness (QED) is 0.519. The fraction of sp³-hybridized carbons (Fsp3) is 0.833. The molecule has 0 spiro atoms. The summed E-state index contributed by atoms with van der Waals surface area (Å²) in [4.78, 5) is 0. The van der Waals surface area contributed by atoms with Crippen molar-refractivity contribution in [2.75, 3.05) is 13.6 Å². The molecule has 76 valence electrons. The van der Waals surface area contributed by atoms with E-state index in [4.69, 9.17) is 0 Å². The lowest BCUT2D eigenvalue weighted by Gasteiger charge is -2.23. The molecule has 0 aliphatic heterocycles. The van der Waals surface area contributed by atoms with Crippen molar-refractivity contribution in [1.82, 2.24) is 5.32 Å². The molecule has 2 unspecified atom stereocenters. The molecule has 0 heterocycles. The van der Waals surface area contributed by atoms with Gasteiger partial charge in [0.05, 0.1) is 0 Å². The van der Waals surface area contributed by atoms with Gasteiger partial charge in [-0.15, -0.1) is 6.58 Å². The Hall–Kier alpha value is -0.300. The van der Waals surface area contributed by atoms with Gasteiger partial charge >= 0.3 is 0 Å². The highest BCUT2D eigenvalue weighted by molar-refractivity contribution is 4.81. The van der Waals surface area contributed by atoms with Gasteiger partial charge in [0.2, 0.25) is 0 Å². The first-order valence-electron chi connectivity index (χ1n) is 5.64. The van der Waals surface area contributed by atoms with Crippen LogP contribution in [0.1, 0.15) is 38.5 Å². The van der Waals surface area contributed by atoms with Gasteiger partial charge in [0.25, 0.3) is 0 Å². The van der Waals surface area contributed by atoms with Crippen LogP contribution in [0.4, 0.5) is 0 Å². The predicted molar refractivity (Wildman–Crippen MR) is 58.8 cm³/mol. The van der Waals surface area contributed by atoms with Gasteiger partial charge in [-0.1, -0.05) is 25.3 Å². The van der Waals surface area contributed by atoms with Gasteiger partial charge in [0.15, 0.2) is 0 Å². The fourth-order valence-electron chi connectivity index (χ4n) is 2.52. The molecule has 13 heavy (non-hydrogen) atoms. The third-order valence-electron chi connectivity index (χ3n) is 3.25. The maximum Gasteiger partial charge on any atom is -0.00208 e. The van der Waals surface area contributed by atoms with Crippen LogP contribution < -0.4 is 5.32 Å². The van der Waals surface area contributed by atoms with Crippen LogP contribution in [0, 0.1) is 11.8 Å². The molecule has 0 bridgehead atoms. The molecule has 2 atom stereocenters. The summed E-state index contributed by atoms with van der Waals surface area (Å²) in [7, 11) is 2.07. The summed E-state index contributed by atoms with van der Waals surface area (Å²) in [6, 6.07) is 0. The second-order valence-electron chi connectivity index (χ2n) is 4.24. The van der Waals surface area contributed by atoms with E-state index in [1.54, 1.807) is 0 Å². The third kappa shape index (κ3) is 3.51. The Bertz CT molecular complexity index is 142. The molecule has 1 nitrogen and oxygen atoms in total. The SMILES string of the molecule is C=CCC1CCCCCC1CNC. The van der Waals surface area contributed by atoms with E-state index in [9.17, 15) is 0 Å². The Morgan fingerprint density at radius 3 is 2.54 bits per heavy atom. The minimum Gasteiger partial charge on any atom is -0.319 e. The van der Waals surface area contributed by atoms with E-state index in [-0.39, 0.29) is 0 Å². The largest absolute Gasteiger partial charge is 0.319 e. The molecule has 1 N–H and O–H groups in total. The molecule has 1 aliphatic carbocycles. The third-order valence-corrected chi connectivity index (χ3v) is 3.25. The van der Waals surface area contributed by atoms with E-state index in [0.717, 1.165) is 11.8 Å². The molecule has 1 aliphatic rings. The van der Waals surface area contributed by atoms with Crippen LogP contribution in [0.3, 0.4) is 0 Å². The molecule has 1 saturated carbocycles. The van der Waals surface area contributed by atoms with Gasteiger partial charge in [-0.3, -0.25) is 0 Å². The fourth-order valence-corrected chi connectivity index (χ4v) is 2.52. The van der Waals surface area contributed by atoms with Crippen LogP contribution in [0.5, 0.6) is 0 Å². The highest BCUT2D eigenvalue weighted by atomic mass is 14.8. The van der Waals surface area contributed by atoms with Crippen molar-refractivity contribution in [3.8, 4) is 0 Å². The van der Waals surface area contributed by atoms with Crippen molar-refractivity contribution in [1.29, 1.82) is 0 Å². The maximum absolute atomic E-state index is 3.86. The molecule has 1 fully saturated rings. The minimum absolute atomic E-state index is 0.894. The van der Waals surface area contributed by atoms with Crippen LogP contribution in [0.2, 0.25) is 0 Å². The van der Waals surface area contributed by atoms with Crippen LogP contribution in [-0.2, 0) is 0 Å². The number of hydrogen-bond acceptors (Lipinski definition) is 1. The van der Waals surface area contributed by atoms with Crippen molar-refractivity contribution in [2.45, 2.75) is 38.5 Å². The van der Waals surface area contributed by atoms with E-state index >= 15 is 0 Å². The molecule has 0 aromatic rings. The summed E-state index contributed by atoms with van der Waals surface area (Å²) in [5.41, 5.74) is 0. The topological polar surface area (TPSA) is 12.0 Å². The first-order valence-corrected chi connectivity index (χ1v) is 5.64. The van der Waals surface area contributed by atoms with Gasteiger partial charge in [-0.25, -0.2) is 0 Å². The van der Waals surface area contributed by atoms with E-state index in [1.165, 1.54) is 45.1 Å². The Balaban J connectivity index is 2.44. The highest BCUT2D eigenvalue weighted by Gasteiger charge is 2.21. The Morgan fingerprint density at radius 2 is 1.92 bits per heavy atom. The van der Waals surface area contributed by atoms with Crippen molar-refractivity contribution in [3.05, 3.63) is 12.7 Å². The maximum atomic E-state index is 3.86. The highest BCUT2D eigenvalue weighted by Crippen LogP contribution is 2.30. The number of nitrogens with one attached hydrogen (secondary N) is 1. The van der Waals surface area contributed by atoms with Crippen LogP contribution in [0.15, 0.2) is 12.7 Å². The van der Waals surface area contributed by atoms with Gasteiger partial charge in [0, 0.05) is 0 Å². The molecule has 1 rings (SSSR count). The molecule has 1 heteroatoms. The molecule has 0 saturated heterocycles. The van der Waals surface area contributed by atoms with Crippen molar-refractivity contribution < 1.29 is 0 Å². The van der Waals surface area contributed by atoms with Crippen molar-refractivity contribution in [2.24, 2.45) is 11.8 Å². The van der Waals surface area contributed by atoms with Gasteiger partial charge < -0.3 is 5.32 Å².